The number of hydrogen-bond acceptors (Lipinski definition) is 7. The van der Waals surface area contributed by atoms with Crippen LogP contribution in [-0.2, 0) is 31.4 Å². The molecule has 0 spiro atoms. The van der Waals surface area contributed by atoms with E-state index in [1.807, 2.05) is 78.9 Å². The zero-order chi connectivity index (χ0) is 28.8. The van der Waals surface area contributed by atoms with Crippen LogP contribution in [0.1, 0.15) is 34.9 Å². The number of nitrogens with zero attached hydrogens (tertiary/aromatic N) is 1. The Kier molecular flexibility index (Phi) is 7.29. The molecule has 1 fully saturated rings. The van der Waals surface area contributed by atoms with Crippen LogP contribution in [0.2, 0.25) is 0 Å². The van der Waals surface area contributed by atoms with Crippen molar-refractivity contribution in [2.75, 3.05) is 6.61 Å². The van der Waals surface area contributed by atoms with Gasteiger partial charge in [-0.25, -0.2) is 4.79 Å². The van der Waals surface area contributed by atoms with Crippen molar-refractivity contribution in [3.05, 3.63) is 128 Å². The second-order valence-electron chi connectivity index (χ2n) is 9.93. The van der Waals surface area contributed by atoms with Crippen molar-refractivity contribution in [1.82, 2.24) is 9.55 Å². The van der Waals surface area contributed by atoms with Crippen LogP contribution < -0.4 is 16.0 Å². The number of aromatic nitrogens is 2. The minimum absolute atomic E-state index is 0.0630. The zero-order valence-corrected chi connectivity index (χ0v) is 23.6. The largest absolute Gasteiger partial charge is 0.457 e. The molecular weight excluding hydrogens is 567 g/mol. The lowest BCUT2D eigenvalue weighted by Gasteiger charge is -2.41. The van der Waals surface area contributed by atoms with Crippen molar-refractivity contribution in [3.63, 3.8) is 0 Å². The molecule has 1 aromatic heterocycles. The van der Waals surface area contributed by atoms with E-state index in [2.05, 4.69) is 4.98 Å². The summed E-state index contributed by atoms with van der Waals surface area (Å²) in [5.74, 6) is 1.26. The molecular formula is C29H27N2O8PS. The zero-order valence-electron chi connectivity index (χ0n) is 21.9. The summed E-state index contributed by atoms with van der Waals surface area (Å²) in [6.45, 7) is -2.61. The van der Waals surface area contributed by atoms with Crippen LogP contribution in [0.15, 0.2) is 94.6 Å². The van der Waals surface area contributed by atoms with E-state index in [0.29, 0.717) is 17.1 Å². The maximum atomic E-state index is 12.6. The fourth-order valence-corrected chi connectivity index (χ4v) is 6.40. The standard InChI is InChI=1S/C29H27N2O8PS/c1-18-16-31(28(33)30-27(18)32)26-15-24(39-40(34,35)41)25(38-26)17-36-29(19-9-3-2-4-10-19)20-11-5-7-13-22(20)37-23-14-8-6-12-21(23)29/h2-14,16,24-26H,15,17H2,1H3,(H,30,32,33)(H2,34,35,41)/t24?,25-,26-/m1/s1. The molecule has 0 radical (unpaired) electrons. The molecule has 3 aromatic carbocycles. The molecule has 2 aliphatic rings. The first kappa shape index (κ1) is 27.7. The van der Waals surface area contributed by atoms with E-state index in [0.717, 1.165) is 16.7 Å². The Bertz CT molecular complexity index is 1710. The van der Waals surface area contributed by atoms with Gasteiger partial charge in [-0.2, -0.15) is 0 Å². The lowest BCUT2D eigenvalue weighted by Crippen LogP contribution is -2.40. The van der Waals surface area contributed by atoms with Gasteiger partial charge in [-0.1, -0.05) is 66.7 Å². The molecule has 0 saturated carbocycles. The fraction of sp³-hybridized carbons (Fsp3) is 0.241. The number of H-pyrrole nitrogens is 1. The van der Waals surface area contributed by atoms with Crippen molar-refractivity contribution in [3.8, 4) is 11.5 Å². The van der Waals surface area contributed by atoms with E-state index in [-0.39, 0.29) is 13.0 Å². The van der Waals surface area contributed by atoms with E-state index in [9.17, 15) is 19.4 Å². The molecule has 0 amide bonds. The fourth-order valence-electron chi connectivity index (χ4n) is 5.49. The van der Waals surface area contributed by atoms with Gasteiger partial charge in [-0.05, 0) is 36.4 Å². The number of nitrogens with one attached hydrogen (secondary N) is 1. The number of benzene rings is 3. The maximum Gasteiger partial charge on any atom is 0.330 e. The molecule has 3 N–H and O–H groups in total. The van der Waals surface area contributed by atoms with Crippen LogP contribution >= 0.6 is 6.72 Å². The van der Waals surface area contributed by atoms with Gasteiger partial charge in [-0.3, -0.25) is 14.3 Å². The van der Waals surface area contributed by atoms with Crippen molar-refractivity contribution in [2.24, 2.45) is 0 Å². The summed E-state index contributed by atoms with van der Waals surface area (Å²) in [5, 5.41) is 0. The van der Waals surface area contributed by atoms with Crippen LogP contribution in [0.5, 0.6) is 11.5 Å². The number of aryl methyl sites for hydroxylation is 1. The number of para-hydroxylation sites is 2. The summed E-state index contributed by atoms with van der Waals surface area (Å²) in [5.41, 5.74) is 0.433. The first-order valence-corrected chi connectivity index (χ1v) is 15.6. The molecule has 10 nitrogen and oxygen atoms in total. The van der Waals surface area contributed by atoms with E-state index in [1.54, 1.807) is 6.92 Å². The highest BCUT2D eigenvalue weighted by atomic mass is 32.5. The first-order chi connectivity index (χ1) is 19.7. The molecule has 3 heterocycles. The van der Waals surface area contributed by atoms with Gasteiger partial charge < -0.3 is 28.5 Å². The van der Waals surface area contributed by atoms with E-state index in [1.165, 1.54) is 10.8 Å². The third kappa shape index (κ3) is 5.22. The average molecular weight is 595 g/mol. The van der Waals surface area contributed by atoms with E-state index >= 15 is 0 Å². The lowest BCUT2D eigenvalue weighted by molar-refractivity contribution is -0.0941. The van der Waals surface area contributed by atoms with Gasteiger partial charge in [0.15, 0.2) is 5.60 Å². The Morgan fingerprint density at radius 1 is 1.00 bits per heavy atom. The molecule has 6 rings (SSSR count). The molecule has 212 valence electrons. The number of rotatable bonds is 7. The summed E-state index contributed by atoms with van der Waals surface area (Å²) in [4.78, 5) is 46.9. The molecule has 4 aromatic rings. The van der Waals surface area contributed by atoms with Crippen LogP contribution in [0.3, 0.4) is 0 Å². The van der Waals surface area contributed by atoms with Crippen molar-refractivity contribution >= 4 is 18.5 Å². The highest BCUT2D eigenvalue weighted by Crippen LogP contribution is 2.53. The predicted octanol–water partition coefficient (Wildman–Crippen LogP) is 3.84. The minimum Gasteiger partial charge on any atom is -0.457 e. The Balaban J connectivity index is 1.42. The van der Waals surface area contributed by atoms with Crippen LogP contribution in [0.25, 0.3) is 0 Å². The SMILES string of the molecule is Cc1cn([C@H]2CC(OP(O)(O)=S)[C@@H](COC3(c4ccccc4)c4ccccc4Oc4ccccc43)O2)c(=O)[nH]c1=O. The van der Waals surface area contributed by atoms with E-state index in [4.69, 9.17) is 30.5 Å². The molecule has 12 heteroatoms. The quantitative estimate of drug-likeness (QED) is 0.273. The van der Waals surface area contributed by atoms with Gasteiger partial charge in [0.05, 0.1) is 12.7 Å². The highest BCUT2D eigenvalue weighted by Gasteiger charge is 2.47. The monoisotopic (exact) mass is 594 g/mol. The van der Waals surface area contributed by atoms with Gasteiger partial charge in [0, 0.05) is 29.3 Å². The van der Waals surface area contributed by atoms with E-state index < -0.39 is 42.0 Å². The predicted molar refractivity (Wildman–Crippen MR) is 153 cm³/mol. The molecule has 0 aliphatic carbocycles. The van der Waals surface area contributed by atoms with Gasteiger partial charge in [0.1, 0.15) is 23.8 Å². The molecule has 1 saturated heterocycles. The molecule has 2 aliphatic heterocycles. The second kappa shape index (κ2) is 10.8. The Hall–Kier alpha value is -3.41. The van der Waals surface area contributed by atoms with Crippen LogP contribution in [0.4, 0.5) is 0 Å². The second-order valence-corrected chi connectivity index (χ2v) is 12.5. The summed E-state index contributed by atoms with van der Waals surface area (Å²) in [6, 6.07) is 24.9. The van der Waals surface area contributed by atoms with Gasteiger partial charge in [0.2, 0.25) is 0 Å². The summed E-state index contributed by atoms with van der Waals surface area (Å²) < 4.78 is 26.1. The number of hydrogen-bond donors (Lipinski definition) is 3. The number of aromatic amines is 1. The summed E-state index contributed by atoms with van der Waals surface area (Å²) >= 11 is 4.78. The van der Waals surface area contributed by atoms with Crippen molar-refractivity contribution in [1.29, 1.82) is 0 Å². The number of fused-ring (bicyclic) bond motifs is 2. The smallest absolute Gasteiger partial charge is 0.330 e. The maximum absolute atomic E-state index is 12.6. The topological polar surface area (TPSA) is 132 Å². The molecule has 41 heavy (non-hydrogen) atoms. The van der Waals surface area contributed by atoms with Crippen LogP contribution in [0, 0.1) is 6.92 Å². The summed E-state index contributed by atoms with van der Waals surface area (Å²) in [7, 11) is 0. The minimum atomic E-state index is -4.10. The molecule has 0 bridgehead atoms. The Morgan fingerprint density at radius 3 is 2.24 bits per heavy atom. The molecule has 1 unspecified atom stereocenters. The lowest BCUT2D eigenvalue weighted by atomic mass is 9.77. The van der Waals surface area contributed by atoms with Gasteiger partial charge >= 0.3 is 12.4 Å². The third-order valence-corrected chi connectivity index (χ3v) is 8.11. The molecule has 3 atom stereocenters. The number of ether oxygens (including phenoxy) is 3. The first-order valence-electron chi connectivity index (χ1n) is 12.9. The van der Waals surface area contributed by atoms with Crippen molar-refractivity contribution < 1.29 is 28.5 Å². The third-order valence-electron chi connectivity index (χ3n) is 7.31. The Morgan fingerprint density at radius 2 is 1.61 bits per heavy atom. The van der Waals surface area contributed by atoms with Crippen molar-refractivity contribution in [2.45, 2.75) is 37.4 Å². The Labute approximate surface area is 240 Å². The highest BCUT2D eigenvalue weighted by molar-refractivity contribution is 8.06. The average Bonchev–Trinajstić information content (AvgIpc) is 3.34. The normalized spacial score (nSPS) is 21.1. The van der Waals surface area contributed by atoms with Gasteiger partial charge in [0.25, 0.3) is 5.56 Å². The van der Waals surface area contributed by atoms with Crippen LogP contribution in [-0.4, -0.2) is 38.2 Å². The summed E-state index contributed by atoms with van der Waals surface area (Å²) in [6.07, 6.45) is -1.19. The van der Waals surface area contributed by atoms with Gasteiger partial charge in [-0.15, -0.1) is 0 Å².